The molecule has 0 aliphatic carbocycles. The summed E-state index contributed by atoms with van der Waals surface area (Å²) in [6.07, 6.45) is 6.83. The zero-order valence-electron chi connectivity index (χ0n) is 27.3. The van der Waals surface area contributed by atoms with E-state index >= 15 is 4.39 Å². The van der Waals surface area contributed by atoms with E-state index in [-0.39, 0.29) is 11.9 Å². The number of piperazine rings is 1. The summed E-state index contributed by atoms with van der Waals surface area (Å²) in [7, 11) is 1.90. The van der Waals surface area contributed by atoms with Crippen LogP contribution in [0.2, 0.25) is 0 Å². The molecule has 246 valence electrons. The summed E-state index contributed by atoms with van der Waals surface area (Å²) >= 11 is 0. The maximum absolute atomic E-state index is 15.8. The molecular formula is C36H43FN8O2. The summed E-state index contributed by atoms with van der Waals surface area (Å²) in [5, 5.41) is 9.52. The maximum atomic E-state index is 15.8. The lowest BCUT2D eigenvalue weighted by molar-refractivity contribution is 0.0321. The van der Waals surface area contributed by atoms with Crippen molar-refractivity contribution in [1.29, 1.82) is 0 Å². The monoisotopic (exact) mass is 638 g/mol. The Morgan fingerprint density at radius 1 is 0.936 bits per heavy atom. The molecule has 0 radical (unpaired) electrons. The first-order chi connectivity index (χ1) is 23.0. The fraction of sp³-hybridized carbons (Fsp3) is 0.500. The van der Waals surface area contributed by atoms with E-state index in [2.05, 4.69) is 42.9 Å². The molecule has 1 atom stereocenters. The summed E-state index contributed by atoms with van der Waals surface area (Å²) in [5.74, 6) is 1.16. The van der Waals surface area contributed by atoms with Gasteiger partial charge in [0.15, 0.2) is 0 Å². The van der Waals surface area contributed by atoms with E-state index < -0.39 is 0 Å². The highest BCUT2D eigenvalue weighted by atomic mass is 19.1. The van der Waals surface area contributed by atoms with E-state index in [9.17, 15) is 0 Å². The van der Waals surface area contributed by atoms with Gasteiger partial charge < -0.3 is 18.9 Å². The quantitative estimate of drug-likeness (QED) is 0.230. The molecule has 7 heterocycles. The number of nitrogens with zero attached hydrogens (tertiary/aromatic N) is 8. The van der Waals surface area contributed by atoms with Crippen LogP contribution in [-0.2, 0) is 16.5 Å². The summed E-state index contributed by atoms with van der Waals surface area (Å²) in [4.78, 5) is 15.5. The molecule has 8 rings (SSSR count). The smallest absolute Gasteiger partial charge is 0.145 e. The molecule has 0 spiro atoms. The van der Waals surface area contributed by atoms with Crippen molar-refractivity contribution in [2.75, 3.05) is 57.5 Å². The van der Waals surface area contributed by atoms with E-state index in [0.29, 0.717) is 17.5 Å². The van der Waals surface area contributed by atoms with Crippen molar-refractivity contribution >= 4 is 27.9 Å². The Hall–Kier alpha value is -3.93. The molecule has 0 amide bonds. The maximum Gasteiger partial charge on any atom is 0.145 e. The number of rotatable bonds is 7. The van der Waals surface area contributed by atoms with Crippen LogP contribution in [0.3, 0.4) is 0 Å². The third-order valence-electron chi connectivity index (χ3n) is 10.6. The highest BCUT2D eigenvalue weighted by Gasteiger charge is 2.30. The van der Waals surface area contributed by atoms with Crippen LogP contribution in [0.5, 0.6) is 0 Å². The van der Waals surface area contributed by atoms with Crippen LogP contribution in [0.1, 0.15) is 49.4 Å². The second kappa shape index (κ2) is 12.9. The number of ether oxygens (including phenoxy) is 2. The van der Waals surface area contributed by atoms with Crippen molar-refractivity contribution in [2.45, 2.75) is 51.1 Å². The molecule has 3 fully saturated rings. The fourth-order valence-corrected chi connectivity index (χ4v) is 8.02. The number of aromatic nitrogens is 6. The molecule has 47 heavy (non-hydrogen) atoms. The second-order valence-electron chi connectivity index (χ2n) is 13.3. The molecule has 0 saturated carbocycles. The van der Waals surface area contributed by atoms with Gasteiger partial charge in [0.2, 0.25) is 0 Å². The van der Waals surface area contributed by atoms with Crippen molar-refractivity contribution in [3.63, 3.8) is 0 Å². The van der Waals surface area contributed by atoms with Crippen molar-refractivity contribution < 1.29 is 13.9 Å². The number of anilines is 1. The zero-order valence-corrected chi connectivity index (χ0v) is 27.3. The number of aryl methyl sites for hydroxylation is 2. The molecule has 10 nitrogen and oxygen atoms in total. The van der Waals surface area contributed by atoms with Crippen molar-refractivity contribution in [2.24, 2.45) is 13.0 Å². The van der Waals surface area contributed by atoms with Crippen LogP contribution in [0.15, 0.2) is 48.7 Å². The molecule has 1 aromatic carbocycles. The Balaban J connectivity index is 1.26. The van der Waals surface area contributed by atoms with Crippen LogP contribution in [-0.4, -0.2) is 93.1 Å². The SMILES string of the molecule is Cc1nnn(C)c1-c1cnc2c3ccc(N4CCN(C5CCOCC5)CC4)nc3n(C(CC3CCOCC3)c3ccccc3F)c2c1. The molecule has 5 aromatic rings. The van der Waals surface area contributed by atoms with Gasteiger partial charge >= 0.3 is 0 Å². The summed E-state index contributed by atoms with van der Waals surface area (Å²) in [6.45, 7) is 9.02. The fourth-order valence-electron chi connectivity index (χ4n) is 8.02. The minimum Gasteiger partial charge on any atom is -0.381 e. The lowest BCUT2D eigenvalue weighted by Crippen LogP contribution is -2.51. The number of halogens is 1. The molecule has 3 aliphatic rings. The normalized spacial score (nSPS) is 19.6. The van der Waals surface area contributed by atoms with Crippen LogP contribution >= 0.6 is 0 Å². The molecule has 3 saturated heterocycles. The van der Waals surface area contributed by atoms with Gasteiger partial charge in [-0.05, 0) is 69.2 Å². The van der Waals surface area contributed by atoms with E-state index in [0.717, 1.165) is 130 Å². The second-order valence-corrected chi connectivity index (χ2v) is 13.3. The van der Waals surface area contributed by atoms with Gasteiger partial charge in [-0.15, -0.1) is 5.10 Å². The van der Waals surface area contributed by atoms with Gasteiger partial charge in [-0.3, -0.25) is 9.88 Å². The predicted molar refractivity (Wildman–Crippen MR) is 180 cm³/mol. The highest BCUT2D eigenvalue weighted by Crippen LogP contribution is 2.40. The number of hydrogen-bond acceptors (Lipinski definition) is 8. The van der Waals surface area contributed by atoms with Crippen molar-refractivity contribution in [3.8, 4) is 11.3 Å². The Kier molecular flexibility index (Phi) is 8.37. The molecule has 0 N–H and O–H groups in total. The molecule has 11 heteroatoms. The highest BCUT2D eigenvalue weighted by molar-refractivity contribution is 6.05. The van der Waals surface area contributed by atoms with E-state index in [4.69, 9.17) is 19.4 Å². The topological polar surface area (TPSA) is 86.4 Å². The number of fused-ring (bicyclic) bond motifs is 3. The van der Waals surface area contributed by atoms with Gasteiger partial charge in [0.25, 0.3) is 0 Å². The summed E-state index contributed by atoms with van der Waals surface area (Å²) < 4.78 is 31.2. The minimum atomic E-state index is -0.268. The van der Waals surface area contributed by atoms with E-state index in [1.807, 2.05) is 32.3 Å². The minimum absolute atomic E-state index is 0.198. The molecule has 1 unspecified atom stereocenters. The summed E-state index contributed by atoms with van der Waals surface area (Å²) in [6, 6.07) is 14.0. The Bertz CT molecular complexity index is 1850. The lowest BCUT2D eigenvalue weighted by Gasteiger charge is -2.41. The average molecular weight is 639 g/mol. The van der Waals surface area contributed by atoms with Crippen LogP contribution in [0.4, 0.5) is 10.2 Å². The number of benzene rings is 1. The molecule has 3 aliphatic heterocycles. The van der Waals surface area contributed by atoms with Gasteiger partial charge in [0.05, 0.1) is 28.5 Å². The van der Waals surface area contributed by atoms with Gasteiger partial charge in [0.1, 0.15) is 17.3 Å². The molecule has 0 bridgehead atoms. The third-order valence-corrected chi connectivity index (χ3v) is 10.6. The van der Waals surface area contributed by atoms with E-state index in [1.54, 1.807) is 16.8 Å². The Morgan fingerprint density at radius 2 is 1.68 bits per heavy atom. The standard InChI is InChI=1S/C36H43FN8O2/c1-24-35(42(2)41-40-24)26-22-32-34(38-23-26)29-7-8-33(44-15-13-43(14-16-44)27-11-19-47-20-12-27)39-36(29)45(32)31(21-25-9-17-46-18-10-25)28-5-3-4-6-30(28)37/h3-8,22-23,25,27,31H,9-21H2,1-2H3. The van der Waals surface area contributed by atoms with E-state index in [1.165, 1.54) is 0 Å². The lowest BCUT2D eigenvalue weighted by atomic mass is 9.89. The molecule has 4 aromatic heterocycles. The zero-order chi connectivity index (χ0) is 31.9. The third kappa shape index (κ3) is 5.78. The van der Waals surface area contributed by atoms with Gasteiger partial charge in [-0.1, -0.05) is 23.4 Å². The number of hydrogen-bond donors (Lipinski definition) is 0. The Morgan fingerprint density at radius 3 is 2.40 bits per heavy atom. The van der Waals surface area contributed by atoms with Gasteiger partial charge in [0, 0.05) is 88.4 Å². The average Bonchev–Trinajstić information content (AvgIpc) is 3.63. The predicted octanol–water partition coefficient (Wildman–Crippen LogP) is 5.53. The van der Waals surface area contributed by atoms with Crippen molar-refractivity contribution in [3.05, 3.63) is 65.7 Å². The van der Waals surface area contributed by atoms with Crippen LogP contribution < -0.4 is 4.90 Å². The molecular weight excluding hydrogens is 595 g/mol. The largest absolute Gasteiger partial charge is 0.381 e. The summed E-state index contributed by atoms with van der Waals surface area (Å²) in [5.41, 5.74) is 6.01. The van der Waals surface area contributed by atoms with Crippen LogP contribution in [0, 0.1) is 18.7 Å². The van der Waals surface area contributed by atoms with Crippen molar-refractivity contribution in [1.82, 2.24) is 34.4 Å². The number of pyridine rings is 2. The first kappa shape index (κ1) is 30.4. The first-order valence-corrected chi connectivity index (χ1v) is 17.1. The van der Waals surface area contributed by atoms with Gasteiger partial charge in [-0.25, -0.2) is 14.1 Å². The Labute approximate surface area is 274 Å². The first-order valence-electron chi connectivity index (χ1n) is 17.1. The van der Waals surface area contributed by atoms with Crippen LogP contribution in [0.25, 0.3) is 33.3 Å². The van der Waals surface area contributed by atoms with Gasteiger partial charge in [-0.2, -0.15) is 0 Å².